The fourth-order valence-corrected chi connectivity index (χ4v) is 4.95. The van der Waals surface area contributed by atoms with Gasteiger partial charge in [-0.1, -0.05) is 37.3 Å². The van der Waals surface area contributed by atoms with Gasteiger partial charge in [0.05, 0.1) is 49.2 Å². The van der Waals surface area contributed by atoms with E-state index in [9.17, 15) is 0 Å². The van der Waals surface area contributed by atoms with E-state index in [1.165, 1.54) is 16.9 Å². The lowest BCUT2D eigenvalue weighted by Gasteiger charge is -2.28. The van der Waals surface area contributed by atoms with Gasteiger partial charge in [0.1, 0.15) is 0 Å². The standard InChI is InChI=1S/C32H38N4O2/c1-2-31(33-27-9-13-29(14-10-27)35-18-22-37-23-19-35)32(17-8-26-6-4-3-5-7-26)34-28-11-15-30(16-12-28)36-20-24-38-25-21-36/h3-7,9-16H,2,8,17-25H2,1H3. The third kappa shape index (κ3) is 7.09. The first kappa shape index (κ1) is 26.1. The highest BCUT2D eigenvalue weighted by molar-refractivity contribution is 6.43. The molecule has 0 amide bonds. The molecule has 0 atom stereocenters. The number of hydrogen-bond acceptors (Lipinski definition) is 6. The Morgan fingerprint density at radius 3 is 1.58 bits per heavy atom. The maximum atomic E-state index is 5.50. The molecule has 2 saturated heterocycles. The minimum atomic E-state index is 0.785. The fourth-order valence-electron chi connectivity index (χ4n) is 4.95. The average molecular weight is 511 g/mol. The monoisotopic (exact) mass is 510 g/mol. The van der Waals surface area contributed by atoms with Gasteiger partial charge in [-0.15, -0.1) is 0 Å². The summed E-state index contributed by atoms with van der Waals surface area (Å²) in [6.07, 6.45) is 2.60. The summed E-state index contributed by atoms with van der Waals surface area (Å²) in [6.45, 7) is 9.04. The maximum Gasteiger partial charge on any atom is 0.0642 e. The van der Waals surface area contributed by atoms with Crippen molar-refractivity contribution in [3.63, 3.8) is 0 Å². The van der Waals surface area contributed by atoms with Crippen molar-refractivity contribution in [3.8, 4) is 0 Å². The molecule has 6 nitrogen and oxygen atoms in total. The number of benzene rings is 3. The Balaban J connectivity index is 1.38. The van der Waals surface area contributed by atoms with Crippen molar-refractivity contribution in [2.45, 2.75) is 26.2 Å². The van der Waals surface area contributed by atoms with Gasteiger partial charge in [0.15, 0.2) is 0 Å². The van der Waals surface area contributed by atoms with E-state index in [1.54, 1.807) is 0 Å². The van der Waals surface area contributed by atoms with E-state index in [0.29, 0.717) is 0 Å². The van der Waals surface area contributed by atoms with Crippen LogP contribution in [0.2, 0.25) is 0 Å². The van der Waals surface area contributed by atoms with Crippen LogP contribution >= 0.6 is 0 Å². The minimum Gasteiger partial charge on any atom is -0.378 e. The Labute approximate surface area is 226 Å². The van der Waals surface area contributed by atoms with Crippen LogP contribution in [0.3, 0.4) is 0 Å². The summed E-state index contributed by atoms with van der Waals surface area (Å²) in [6, 6.07) is 27.8. The number of ether oxygens (including phenoxy) is 2. The van der Waals surface area contributed by atoms with Crippen LogP contribution in [0.4, 0.5) is 22.7 Å². The fraction of sp³-hybridized carbons (Fsp3) is 0.375. The number of rotatable bonds is 9. The van der Waals surface area contributed by atoms with Gasteiger partial charge in [-0.05, 0) is 73.4 Å². The first-order valence-electron chi connectivity index (χ1n) is 13.8. The quantitative estimate of drug-likeness (QED) is 0.320. The zero-order chi connectivity index (χ0) is 26.0. The third-order valence-corrected chi connectivity index (χ3v) is 7.14. The molecular formula is C32H38N4O2. The van der Waals surface area contributed by atoms with Gasteiger partial charge in [0.25, 0.3) is 0 Å². The second-order valence-electron chi connectivity index (χ2n) is 9.69. The molecule has 2 aliphatic heterocycles. The van der Waals surface area contributed by atoms with Crippen LogP contribution in [0.1, 0.15) is 25.3 Å². The zero-order valence-corrected chi connectivity index (χ0v) is 22.4. The van der Waals surface area contributed by atoms with Crippen molar-refractivity contribution in [3.05, 3.63) is 84.4 Å². The van der Waals surface area contributed by atoms with Crippen molar-refractivity contribution < 1.29 is 9.47 Å². The molecule has 2 aliphatic rings. The molecule has 5 rings (SSSR count). The highest BCUT2D eigenvalue weighted by atomic mass is 16.5. The summed E-state index contributed by atoms with van der Waals surface area (Å²) in [5, 5.41) is 0. The molecule has 2 fully saturated rings. The molecule has 0 bridgehead atoms. The van der Waals surface area contributed by atoms with Gasteiger partial charge in [-0.2, -0.15) is 0 Å². The SMILES string of the molecule is CCC(=Nc1ccc(N2CCOCC2)cc1)C(CCc1ccccc1)=Nc1ccc(N2CCOCC2)cc1. The van der Waals surface area contributed by atoms with E-state index in [1.807, 2.05) is 0 Å². The summed E-state index contributed by atoms with van der Waals surface area (Å²) in [5.74, 6) is 0. The largest absolute Gasteiger partial charge is 0.378 e. The van der Waals surface area contributed by atoms with E-state index in [0.717, 1.165) is 94.7 Å². The van der Waals surface area contributed by atoms with Crippen LogP contribution in [0, 0.1) is 0 Å². The predicted octanol–water partition coefficient (Wildman–Crippen LogP) is 6.25. The van der Waals surface area contributed by atoms with Gasteiger partial charge >= 0.3 is 0 Å². The first-order valence-corrected chi connectivity index (χ1v) is 13.8. The Hall–Kier alpha value is -3.48. The highest BCUT2D eigenvalue weighted by Gasteiger charge is 2.14. The molecule has 0 radical (unpaired) electrons. The molecule has 0 N–H and O–H groups in total. The number of aryl methyl sites for hydroxylation is 1. The normalized spacial score (nSPS) is 17.1. The van der Waals surface area contributed by atoms with Crippen LogP contribution in [0.15, 0.2) is 88.8 Å². The molecule has 0 aromatic heterocycles. The smallest absolute Gasteiger partial charge is 0.0642 e. The molecule has 0 aliphatic carbocycles. The van der Waals surface area contributed by atoms with Crippen LogP contribution < -0.4 is 9.80 Å². The minimum absolute atomic E-state index is 0.785. The van der Waals surface area contributed by atoms with Crippen LogP contribution in [-0.2, 0) is 15.9 Å². The Morgan fingerprint density at radius 2 is 1.11 bits per heavy atom. The molecule has 0 unspecified atom stereocenters. The molecule has 3 aromatic carbocycles. The van der Waals surface area contributed by atoms with Gasteiger partial charge in [0.2, 0.25) is 0 Å². The lowest BCUT2D eigenvalue weighted by molar-refractivity contribution is 0.122. The number of hydrogen-bond donors (Lipinski definition) is 0. The molecule has 3 aromatic rings. The van der Waals surface area contributed by atoms with E-state index < -0.39 is 0 Å². The lowest BCUT2D eigenvalue weighted by Crippen LogP contribution is -2.36. The Morgan fingerprint density at radius 1 is 0.632 bits per heavy atom. The van der Waals surface area contributed by atoms with E-state index >= 15 is 0 Å². The Bertz CT molecular complexity index is 1190. The van der Waals surface area contributed by atoms with Gasteiger partial charge in [-0.3, -0.25) is 9.98 Å². The van der Waals surface area contributed by atoms with Gasteiger partial charge in [-0.25, -0.2) is 0 Å². The van der Waals surface area contributed by atoms with Crippen molar-refractivity contribution in [2.75, 3.05) is 62.4 Å². The van der Waals surface area contributed by atoms with Gasteiger partial charge < -0.3 is 19.3 Å². The summed E-state index contributed by atoms with van der Waals surface area (Å²) >= 11 is 0. The average Bonchev–Trinajstić information content (AvgIpc) is 3.00. The molecular weight excluding hydrogens is 472 g/mol. The second-order valence-corrected chi connectivity index (χ2v) is 9.69. The molecule has 0 saturated carbocycles. The van der Waals surface area contributed by atoms with E-state index in [4.69, 9.17) is 19.5 Å². The van der Waals surface area contributed by atoms with Crippen molar-refractivity contribution in [2.24, 2.45) is 9.98 Å². The van der Waals surface area contributed by atoms with Gasteiger partial charge in [0, 0.05) is 37.6 Å². The molecule has 6 heteroatoms. The van der Waals surface area contributed by atoms with Crippen molar-refractivity contribution >= 4 is 34.2 Å². The van der Waals surface area contributed by atoms with Crippen LogP contribution in [0.5, 0.6) is 0 Å². The van der Waals surface area contributed by atoms with Crippen molar-refractivity contribution in [1.29, 1.82) is 0 Å². The Kier molecular flexibility index (Phi) is 9.19. The zero-order valence-electron chi connectivity index (χ0n) is 22.4. The molecule has 38 heavy (non-hydrogen) atoms. The third-order valence-electron chi connectivity index (χ3n) is 7.14. The number of aliphatic imine (C=N–C) groups is 2. The summed E-state index contributed by atoms with van der Waals surface area (Å²) < 4.78 is 11.0. The maximum absolute atomic E-state index is 5.50. The second kappa shape index (κ2) is 13.4. The van der Waals surface area contributed by atoms with Crippen LogP contribution in [0.25, 0.3) is 0 Å². The lowest BCUT2D eigenvalue weighted by atomic mass is 10.0. The highest BCUT2D eigenvalue weighted by Crippen LogP contribution is 2.24. The molecule has 0 spiro atoms. The topological polar surface area (TPSA) is 49.7 Å². The first-order chi connectivity index (χ1) is 18.8. The summed E-state index contributed by atoms with van der Waals surface area (Å²) in [4.78, 5) is 15.0. The van der Waals surface area contributed by atoms with E-state index in [-0.39, 0.29) is 0 Å². The number of anilines is 2. The summed E-state index contributed by atoms with van der Waals surface area (Å²) in [7, 11) is 0. The molecule has 198 valence electrons. The number of morpholine rings is 2. The van der Waals surface area contributed by atoms with Crippen molar-refractivity contribution in [1.82, 2.24) is 0 Å². The number of nitrogens with zero attached hydrogens (tertiary/aromatic N) is 4. The molecule has 2 heterocycles. The summed E-state index contributed by atoms with van der Waals surface area (Å²) in [5.41, 5.74) is 7.78. The predicted molar refractivity (Wildman–Crippen MR) is 158 cm³/mol. The van der Waals surface area contributed by atoms with E-state index in [2.05, 4.69) is 95.6 Å². The van der Waals surface area contributed by atoms with Crippen LogP contribution in [-0.4, -0.2) is 64.0 Å².